The molecular weight excluding hydrogens is 437 g/mol. The molecule has 0 amide bonds. The minimum Gasteiger partial charge on any atom is -0.396 e. The molecule has 0 saturated heterocycles. The lowest BCUT2D eigenvalue weighted by Gasteiger charge is -2.49. The number of ether oxygens (including phenoxy) is 1. The van der Waals surface area contributed by atoms with Crippen molar-refractivity contribution < 1.29 is 9.84 Å². The Morgan fingerprint density at radius 1 is 1.08 bits per heavy atom. The molecule has 26 heavy (non-hydrogen) atoms. The van der Waals surface area contributed by atoms with Crippen LogP contribution in [0.25, 0.3) is 0 Å². The maximum Gasteiger partial charge on any atom is 0.119 e. The van der Waals surface area contributed by atoms with E-state index in [1.165, 1.54) is 28.7 Å². The molecule has 0 atom stereocenters. The topological polar surface area (TPSA) is 32.7 Å². The number of benzene rings is 2. The zero-order chi connectivity index (χ0) is 18.6. The van der Waals surface area contributed by atoms with Crippen LogP contribution >= 0.6 is 22.6 Å². The Hall–Kier alpha value is -0.950. The lowest BCUT2D eigenvalue weighted by molar-refractivity contribution is -0.0436. The second-order valence-corrected chi connectivity index (χ2v) is 8.24. The number of hydrogen-bond donors (Lipinski definition) is 1. The van der Waals surface area contributed by atoms with Crippen molar-refractivity contribution in [2.24, 2.45) is 0 Å². The normalized spacial score (nSPS) is 22.4. The van der Waals surface area contributed by atoms with Crippen molar-refractivity contribution >= 4 is 22.6 Å². The van der Waals surface area contributed by atoms with E-state index in [0.717, 1.165) is 24.0 Å². The Kier molecular flexibility index (Phi) is 6.72. The van der Waals surface area contributed by atoms with Gasteiger partial charge in [0.25, 0.3) is 0 Å². The Labute approximate surface area is 170 Å². The van der Waals surface area contributed by atoms with E-state index in [2.05, 4.69) is 90.1 Å². The molecule has 3 aliphatic carbocycles. The van der Waals surface area contributed by atoms with E-state index < -0.39 is 0 Å². The van der Waals surface area contributed by atoms with Crippen molar-refractivity contribution in [1.82, 2.24) is 4.90 Å². The molecule has 2 bridgehead atoms. The van der Waals surface area contributed by atoms with Crippen LogP contribution in [0.3, 0.4) is 0 Å². The number of alkyl halides is 1. The lowest BCUT2D eigenvalue weighted by atomic mass is 9.61. The molecule has 140 valence electrons. The van der Waals surface area contributed by atoms with Gasteiger partial charge in [0.05, 0.1) is 13.2 Å². The fourth-order valence-corrected chi connectivity index (χ4v) is 4.21. The van der Waals surface area contributed by atoms with E-state index in [9.17, 15) is 0 Å². The number of aliphatic hydroxyl groups excluding tert-OH is 1. The molecule has 4 heteroatoms. The number of fused-ring (bicyclic) bond motifs is 1. The smallest absolute Gasteiger partial charge is 0.119 e. The summed E-state index contributed by atoms with van der Waals surface area (Å²) in [6.07, 6.45) is 2.29. The molecule has 0 unspecified atom stereocenters. The first kappa shape index (κ1) is 19.8. The molecule has 0 spiro atoms. The third-order valence-electron chi connectivity index (χ3n) is 5.30. The van der Waals surface area contributed by atoms with Gasteiger partial charge in [0.2, 0.25) is 0 Å². The molecule has 0 aliphatic heterocycles. The standard InChI is InChI=1S/C20H23NO.C2H5IO/c1-21(2)13-14-22-20-12-11-15(16-7-3-5-9-18(16)20)17-8-4-6-10-19(17)20;3-1-2-4/h3-10,15H,11-14H2,1-2H3;4H,1-2H2. The number of halogens is 1. The largest absolute Gasteiger partial charge is 0.396 e. The van der Waals surface area contributed by atoms with Gasteiger partial charge in [0, 0.05) is 16.9 Å². The predicted molar refractivity (Wildman–Crippen MR) is 115 cm³/mol. The van der Waals surface area contributed by atoms with E-state index >= 15 is 0 Å². The minimum atomic E-state index is -0.238. The second-order valence-electron chi connectivity index (χ2n) is 7.16. The summed E-state index contributed by atoms with van der Waals surface area (Å²) in [6.45, 7) is 2.02. The van der Waals surface area contributed by atoms with Crippen LogP contribution in [0.4, 0.5) is 0 Å². The summed E-state index contributed by atoms with van der Waals surface area (Å²) in [5.74, 6) is 0.548. The Bertz CT molecular complexity index is 682. The van der Waals surface area contributed by atoms with Gasteiger partial charge in [-0.25, -0.2) is 0 Å². The SMILES string of the molecule is CN(C)CCOC12CCC(c3ccccc31)c1ccccc12.OCCI. The first-order chi connectivity index (χ1) is 12.6. The first-order valence-electron chi connectivity index (χ1n) is 9.28. The van der Waals surface area contributed by atoms with Crippen molar-refractivity contribution in [2.75, 3.05) is 38.3 Å². The van der Waals surface area contributed by atoms with Gasteiger partial charge >= 0.3 is 0 Å². The van der Waals surface area contributed by atoms with Gasteiger partial charge in [0.1, 0.15) is 5.60 Å². The van der Waals surface area contributed by atoms with Crippen LogP contribution in [0, 0.1) is 0 Å². The average Bonchev–Trinajstić information content (AvgIpc) is 2.69. The molecule has 2 aromatic carbocycles. The quantitative estimate of drug-likeness (QED) is 0.532. The number of nitrogens with zero attached hydrogens (tertiary/aromatic N) is 1. The van der Waals surface area contributed by atoms with E-state index in [-0.39, 0.29) is 5.60 Å². The highest BCUT2D eigenvalue weighted by Gasteiger charge is 2.48. The highest BCUT2D eigenvalue weighted by molar-refractivity contribution is 14.1. The highest BCUT2D eigenvalue weighted by Crippen LogP contribution is 2.56. The van der Waals surface area contributed by atoms with Gasteiger partial charge < -0.3 is 14.7 Å². The molecule has 3 aliphatic rings. The van der Waals surface area contributed by atoms with Crippen molar-refractivity contribution in [3.05, 3.63) is 70.8 Å². The van der Waals surface area contributed by atoms with Crippen LogP contribution < -0.4 is 0 Å². The Balaban J connectivity index is 0.000000447. The molecular formula is C22H28INO2. The monoisotopic (exact) mass is 465 g/mol. The molecule has 1 N–H and O–H groups in total. The molecule has 0 fully saturated rings. The van der Waals surface area contributed by atoms with Gasteiger partial charge in [0.15, 0.2) is 0 Å². The summed E-state index contributed by atoms with van der Waals surface area (Å²) in [5.41, 5.74) is 5.49. The zero-order valence-corrected chi connectivity index (χ0v) is 17.8. The summed E-state index contributed by atoms with van der Waals surface area (Å²) in [5, 5.41) is 7.87. The van der Waals surface area contributed by atoms with Crippen LogP contribution in [0.15, 0.2) is 48.5 Å². The maximum absolute atomic E-state index is 7.87. The number of rotatable bonds is 5. The molecule has 0 radical (unpaired) electrons. The average molecular weight is 465 g/mol. The van der Waals surface area contributed by atoms with Crippen molar-refractivity contribution in [3.63, 3.8) is 0 Å². The van der Waals surface area contributed by atoms with Gasteiger partial charge in [-0.3, -0.25) is 0 Å². The highest BCUT2D eigenvalue weighted by atomic mass is 127. The summed E-state index contributed by atoms with van der Waals surface area (Å²) >= 11 is 2.10. The van der Waals surface area contributed by atoms with E-state index in [0.29, 0.717) is 12.5 Å². The fraction of sp³-hybridized carbons (Fsp3) is 0.455. The van der Waals surface area contributed by atoms with Crippen molar-refractivity contribution in [3.8, 4) is 0 Å². The first-order valence-corrected chi connectivity index (χ1v) is 10.8. The van der Waals surface area contributed by atoms with Crippen LogP contribution in [0.2, 0.25) is 0 Å². The molecule has 0 aromatic heterocycles. The second kappa shape index (κ2) is 8.83. The van der Waals surface area contributed by atoms with Gasteiger partial charge in [-0.15, -0.1) is 0 Å². The van der Waals surface area contributed by atoms with Crippen molar-refractivity contribution in [2.45, 2.75) is 24.4 Å². The molecule has 5 rings (SSSR count). The van der Waals surface area contributed by atoms with E-state index in [1.54, 1.807) is 0 Å². The van der Waals surface area contributed by atoms with Crippen LogP contribution in [0.5, 0.6) is 0 Å². The van der Waals surface area contributed by atoms with E-state index in [1.807, 2.05) is 0 Å². The zero-order valence-electron chi connectivity index (χ0n) is 15.6. The molecule has 2 aromatic rings. The summed E-state index contributed by atoms with van der Waals surface area (Å²) in [7, 11) is 4.20. The number of aliphatic hydroxyl groups is 1. The lowest BCUT2D eigenvalue weighted by Crippen LogP contribution is -2.43. The Morgan fingerprint density at radius 2 is 1.62 bits per heavy atom. The summed E-state index contributed by atoms with van der Waals surface area (Å²) in [6, 6.07) is 17.8. The maximum atomic E-state index is 7.87. The summed E-state index contributed by atoms with van der Waals surface area (Å²) < 4.78 is 7.42. The van der Waals surface area contributed by atoms with Crippen LogP contribution in [-0.4, -0.2) is 48.3 Å². The van der Waals surface area contributed by atoms with Gasteiger partial charge in [-0.1, -0.05) is 71.1 Å². The predicted octanol–water partition coefficient (Wildman–Crippen LogP) is 4.16. The molecule has 3 nitrogen and oxygen atoms in total. The number of likely N-dealkylation sites (N-methyl/N-ethyl adjacent to an activating group) is 1. The number of hydrogen-bond acceptors (Lipinski definition) is 3. The van der Waals surface area contributed by atoms with E-state index in [4.69, 9.17) is 9.84 Å². The molecule has 0 heterocycles. The molecule has 0 saturated carbocycles. The third-order valence-corrected chi connectivity index (χ3v) is 5.78. The Morgan fingerprint density at radius 3 is 2.12 bits per heavy atom. The fourth-order valence-electron chi connectivity index (χ4n) is 4.21. The minimum absolute atomic E-state index is 0.238. The van der Waals surface area contributed by atoms with Gasteiger partial charge in [-0.2, -0.15) is 0 Å². The summed E-state index contributed by atoms with van der Waals surface area (Å²) in [4.78, 5) is 2.18. The third kappa shape index (κ3) is 3.70. The van der Waals surface area contributed by atoms with Gasteiger partial charge in [-0.05, 0) is 49.2 Å². The van der Waals surface area contributed by atoms with Crippen LogP contribution in [0.1, 0.15) is 41.0 Å². The van der Waals surface area contributed by atoms with Crippen molar-refractivity contribution in [1.29, 1.82) is 0 Å². The van der Waals surface area contributed by atoms with Crippen LogP contribution in [-0.2, 0) is 10.3 Å².